The zero-order chi connectivity index (χ0) is 19.3. The number of carbonyl (C=O) groups is 1. The molecule has 1 aliphatic rings. The molecule has 0 radical (unpaired) electrons. The van der Waals surface area contributed by atoms with Crippen molar-refractivity contribution in [2.45, 2.75) is 12.8 Å². The Morgan fingerprint density at radius 2 is 2.04 bits per heavy atom. The minimum atomic E-state index is -4.70. The Morgan fingerprint density at radius 1 is 1.26 bits per heavy atom. The van der Waals surface area contributed by atoms with Crippen molar-refractivity contribution in [2.24, 2.45) is 5.92 Å². The number of rotatable bonds is 5. The number of nitrogens with one attached hydrogen (secondary N) is 2. The van der Waals surface area contributed by atoms with E-state index in [-0.39, 0.29) is 17.7 Å². The summed E-state index contributed by atoms with van der Waals surface area (Å²) in [6.45, 7) is 1.95. The van der Waals surface area contributed by atoms with E-state index in [9.17, 15) is 18.0 Å². The predicted octanol–water partition coefficient (Wildman–Crippen LogP) is 3.02. The largest absolute Gasteiger partial charge is 0.573 e. The topological polar surface area (TPSA) is 79.4 Å². The fraction of sp³-hybridized carbons (Fsp3) is 0.353. The first-order valence-electron chi connectivity index (χ1n) is 8.31. The van der Waals surface area contributed by atoms with Crippen LogP contribution in [0.4, 0.5) is 29.5 Å². The van der Waals surface area contributed by atoms with E-state index in [2.05, 4.69) is 30.2 Å². The number of hydrogen-bond donors (Lipinski definition) is 2. The second kappa shape index (κ2) is 8.11. The molecule has 0 saturated carbocycles. The van der Waals surface area contributed by atoms with Crippen LogP contribution in [0.2, 0.25) is 0 Å². The molecular weight excluding hydrogens is 363 g/mol. The van der Waals surface area contributed by atoms with E-state index < -0.39 is 6.36 Å². The zero-order valence-corrected chi connectivity index (χ0v) is 14.2. The third kappa shape index (κ3) is 5.73. The molecule has 1 aromatic heterocycles. The van der Waals surface area contributed by atoms with Crippen molar-refractivity contribution in [3.8, 4) is 5.75 Å². The lowest BCUT2D eigenvalue weighted by Gasteiger charge is -2.19. The van der Waals surface area contributed by atoms with Crippen LogP contribution in [0.5, 0.6) is 5.75 Å². The summed E-state index contributed by atoms with van der Waals surface area (Å²) in [5.74, 6) is 0.411. The molecule has 10 heteroatoms. The summed E-state index contributed by atoms with van der Waals surface area (Å²) in [6.07, 6.45) is -0.954. The fourth-order valence-electron chi connectivity index (χ4n) is 2.85. The number of carbonyl (C=O) groups excluding carboxylic acids is 1. The number of anilines is 2. The molecule has 2 N–H and O–H groups in total. The Balaban J connectivity index is 1.45. The number of urea groups is 1. The first-order valence-corrected chi connectivity index (χ1v) is 8.31. The lowest BCUT2D eigenvalue weighted by Crippen LogP contribution is -2.34. The minimum Gasteiger partial charge on any atom is -0.406 e. The molecule has 0 bridgehead atoms. The summed E-state index contributed by atoms with van der Waals surface area (Å²) in [7, 11) is 0. The molecule has 1 aliphatic heterocycles. The van der Waals surface area contributed by atoms with Gasteiger partial charge in [0.2, 0.25) is 0 Å². The van der Waals surface area contributed by atoms with Gasteiger partial charge in [-0.3, -0.25) is 5.32 Å². The number of amides is 2. The maximum absolute atomic E-state index is 12.2. The van der Waals surface area contributed by atoms with E-state index in [0.29, 0.717) is 18.9 Å². The predicted molar refractivity (Wildman–Crippen MR) is 92.5 cm³/mol. The molecule has 1 saturated heterocycles. The Morgan fingerprint density at radius 3 is 2.70 bits per heavy atom. The van der Waals surface area contributed by atoms with Crippen molar-refractivity contribution in [1.29, 1.82) is 0 Å². The van der Waals surface area contributed by atoms with Gasteiger partial charge in [0.1, 0.15) is 17.9 Å². The van der Waals surface area contributed by atoms with E-state index in [1.807, 2.05) is 0 Å². The van der Waals surface area contributed by atoms with Crippen LogP contribution in [0.15, 0.2) is 42.9 Å². The molecule has 0 spiro atoms. The van der Waals surface area contributed by atoms with Crippen LogP contribution in [0.1, 0.15) is 6.42 Å². The van der Waals surface area contributed by atoms with Gasteiger partial charge in [-0.15, -0.1) is 13.2 Å². The summed E-state index contributed by atoms with van der Waals surface area (Å²) >= 11 is 0. The third-order valence-electron chi connectivity index (χ3n) is 4.10. The van der Waals surface area contributed by atoms with Gasteiger partial charge in [0.25, 0.3) is 0 Å². The van der Waals surface area contributed by atoms with E-state index in [4.69, 9.17) is 0 Å². The summed E-state index contributed by atoms with van der Waals surface area (Å²) in [5.41, 5.74) is 0.817. The Hall–Kier alpha value is -3.04. The number of benzene rings is 1. The molecule has 1 unspecified atom stereocenters. The monoisotopic (exact) mass is 381 g/mol. The van der Waals surface area contributed by atoms with E-state index in [0.717, 1.165) is 18.7 Å². The molecule has 2 heterocycles. The summed E-state index contributed by atoms with van der Waals surface area (Å²) in [5, 5.41) is 5.41. The quantitative estimate of drug-likeness (QED) is 0.832. The van der Waals surface area contributed by atoms with Gasteiger partial charge in [0, 0.05) is 31.5 Å². The summed E-state index contributed by atoms with van der Waals surface area (Å²) < 4.78 is 40.5. The highest BCUT2D eigenvalue weighted by molar-refractivity contribution is 5.88. The second-order valence-electron chi connectivity index (χ2n) is 6.07. The number of hydrogen-bond acceptors (Lipinski definition) is 5. The summed E-state index contributed by atoms with van der Waals surface area (Å²) in [4.78, 5) is 21.6. The SMILES string of the molecule is O=C(NCC1CCN(c2ccc(OC(F)(F)F)cc2)C1)Nc1ccncn1. The lowest BCUT2D eigenvalue weighted by molar-refractivity contribution is -0.274. The highest BCUT2D eigenvalue weighted by Crippen LogP contribution is 2.28. The minimum absolute atomic E-state index is 0.243. The standard InChI is InChI=1S/C17H18F3N5O2/c18-17(19,20)27-14-3-1-13(2-4-14)25-8-6-12(10-25)9-22-16(26)24-15-5-7-21-11-23-15/h1-5,7,11-12H,6,8-10H2,(H2,21,22,23,24,26). The smallest absolute Gasteiger partial charge is 0.406 e. The lowest BCUT2D eigenvalue weighted by atomic mass is 10.1. The van der Waals surface area contributed by atoms with Crippen molar-refractivity contribution >= 4 is 17.5 Å². The van der Waals surface area contributed by atoms with Gasteiger partial charge in [-0.1, -0.05) is 0 Å². The maximum atomic E-state index is 12.2. The van der Waals surface area contributed by atoms with Crippen LogP contribution in [-0.2, 0) is 0 Å². The number of halogens is 3. The molecule has 7 nitrogen and oxygen atoms in total. The molecule has 2 amide bonds. The van der Waals surface area contributed by atoms with E-state index in [1.165, 1.54) is 24.7 Å². The van der Waals surface area contributed by atoms with Gasteiger partial charge in [0.15, 0.2) is 0 Å². The number of ether oxygens (including phenoxy) is 1. The molecule has 27 heavy (non-hydrogen) atoms. The molecule has 1 atom stereocenters. The van der Waals surface area contributed by atoms with Crippen LogP contribution >= 0.6 is 0 Å². The first kappa shape index (κ1) is 18.7. The van der Waals surface area contributed by atoms with Crippen molar-refractivity contribution in [2.75, 3.05) is 29.9 Å². The third-order valence-corrected chi connectivity index (χ3v) is 4.10. The zero-order valence-electron chi connectivity index (χ0n) is 14.2. The van der Waals surface area contributed by atoms with Gasteiger partial charge in [-0.05, 0) is 42.7 Å². The molecule has 0 aliphatic carbocycles. The van der Waals surface area contributed by atoms with Crippen molar-refractivity contribution in [1.82, 2.24) is 15.3 Å². The molecule has 144 valence electrons. The Kier molecular flexibility index (Phi) is 5.63. The van der Waals surface area contributed by atoms with E-state index in [1.54, 1.807) is 18.2 Å². The Labute approximate surface area is 153 Å². The molecule has 1 fully saturated rings. The first-order chi connectivity index (χ1) is 12.9. The van der Waals surface area contributed by atoms with Crippen molar-refractivity contribution < 1.29 is 22.7 Å². The van der Waals surface area contributed by atoms with Crippen LogP contribution in [0, 0.1) is 5.92 Å². The number of aromatic nitrogens is 2. The molecule has 3 rings (SSSR count). The average molecular weight is 381 g/mol. The number of alkyl halides is 3. The second-order valence-corrected chi connectivity index (χ2v) is 6.07. The van der Waals surface area contributed by atoms with Crippen LogP contribution in [-0.4, -0.2) is 42.0 Å². The molecule has 2 aromatic rings. The van der Waals surface area contributed by atoms with Gasteiger partial charge < -0.3 is 15.0 Å². The van der Waals surface area contributed by atoms with Crippen molar-refractivity contribution in [3.05, 3.63) is 42.9 Å². The summed E-state index contributed by atoms with van der Waals surface area (Å²) in [6, 6.07) is 7.02. The molecule has 1 aromatic carbocycles. The van der Waals surface area contributed by atoms with E-state index >= 15 is 0 Å². The fourth-order valence-corrected chi connectivity index (χ4v) is 2.85. The van der Waals surface area contributed by atoms with Gasteiger partial charge >= 0.3 is 12.4 Å². The maximum Gasteiger partial charge on any atom is 0.573 e. The average Bonchev–Trinajstić information content (AvgIpc) is 3.09. The normalized spacial score (nSPS) is 16.9. The van der Waals surface area contributed by atoms with Gasteiger partial charge in [0.05, 0.1) is 0 Å². The Bertz CT molecular complexity index is 755. The van der Waals surface area contributed by atoms with Gasteiger partial charge in [-0.2, -0.15) is 0 Å². The highest BCUT2D eigenvalue weighted by Gasteiger charge is 2.31. The number of nitrogens with zero attached hydrogens (tertiary/aromatic N) is 3. The van der Waals surface area contributed by atoms with Gasteiger partial charge in [-0.25, -0.2) is 14.8 Å². The van der Waals surface area contributed by atoms with Crippen LogP contribution in [0.25, 0.3) is 0 Å². The van der Waals surface area contributed by atoms with Crippen LogP contribution in [0.3, 0.4) is 0 Å². The molecular formula is C17H18F3N5O2. The highest BCUT2D eigenvalue weighted by atomic mass is 19.4. The van der Waals surface area contributed by atoms with Crippen LogP contribution < -0.4 is 20.3 Å². The van der Waals surface area contributed by atoms with Crippen molar-refractivity contribution in [3.63, 3.8) is 0 Å².